The lowest BCUT2D eigenvalue weighted by atomic mass is 10.1. The fourth-order valence-corrected chi connectivity index (χ4v) is 4.76. The van der Waals surface area contributed by atoms with Crippen molar-refractivity contribution in [2.75, 3.05) is 45.8 Å². The molecule has 0 saturated carbocycles. The average molecular weight is 477 g/mol. The maximum atomic E-state index is 12.7. The predicted molar refractivity (Wildman–Crippen MR) is 119 cm³/mol. The Morgan fingerprint density at radius 1 is 0.909 bits per heavy atom. The van der Waals surface area contributed by atoms with Crippen molar-refractivity contribution < 1.29 is 37.0 Å². The maximum Gasteiger partial charge on any atom is 0.337 e. The first kappa shape index (κ1) is 24.4. The van der Waals surface area contributed by atoms with Gasteiger partial charge in [-0.1, -0.05) is 12.1 Å². The molecule has 2 aromatic rings. The van der Waals surface area contributed by atoms with Gasteiger partial charge < -0.3 is 19.5 Å². The van der Waals surface area contributed by atoms with Gasteiger partial charge in [0.15, 0.2) is 0 Å². The Labute approximate surface area is 191 Å². The Morgan fingerprint density at radius 3 is 1.97 bits per heavy atom. The number of morpholine rings is 1. The van der Waals surface area contributed by atoms with Gasteiger partial charge in [0.1, 0.15) is 0 Å². The first-order valence-electron chi connectivity index (χ1n) is 10.0. The van der Waals surface area contributed by atoms with E-state index in [-0.39, 0.29) is 28.1 Å². The Bertz CT molecular complexity index is 1110. The molecular weight excluding hydrogens is 452 g/mol. The van der Waals surface area contributed by atoms with Crippen LogP contribution >= 0.6 is 0 Å². The smallest absolute Gasteiger partial charge is 0.337 e. The molecule has 11 heteroatoms. The summed E-state index contributed by atoms with van der Waals surface area (Å²) >= 11 is 0. The van der Waals surface area contributed by atoms with Gasteiger partial charge in [-0.2, -0.15) is 4.31 Å². The number of carbonyl (C=O) groups excluding carboxylic acids is 3. The molecule has 3 rings (SSSR count). The van der Waals surface area contributed by atoms with E-state index in [0.29, 0.717) is 31.9 Å². The summed E-state index contributed by atoms with van der Waals surface area (Å²) in [4.78, 5) is 36.5. The van der Waals surface area contributed by atoms with E-state index in [2.05, 4.69) is 14.8 Å². The number of rotatable bonds is 7. The van der Waals surface area contributed by atoms with Crippen LogP contribution in [0.1, 0.15) is 36.6 Å². The second-order valence-electron chi connectivity index (χ2n) is 7.20. The van der Waals surface area contributed by atoms with E-state index in [9.17, 15) is 22.8 Å². The van der Waals surface area contributed by atoms with Gasteiger partial charge >= 0.3 is 11.9 Å². The monoisotopic (exact) mass is 476 g/mol. The second-order valence-corrected chi connectivity index (χ2v) is 9.17. The number of ether oxygens (including phenoxy) is 3. The number of hydrogen-bond donors (Lipinski definition) is 1. The molecule has 0 spiro atoms. The summed E-state index contributed by atoms with van der Waals surface area (Å²) < 4.78 is 41.1. The molecule has 0 unspecified atom stereocenters. The molecule has 0 aromatic heterocycles. The minimum atomic E-state index is -3.48. The normalized spacial score (nSPS) is 14.4. The van der Waals surface area contributed by atoms with Gasteiger partial charge in [-0.25, -0.2) is 18.0 Å². The van der Waals surface area contributed by atoms with Crippen LogP contribution in [-0.4, -0.2) is 71.1 Å². The molecule has 0 atom stereocenters. The van der Waals surface area contributed by atoms with Crippen molar-refractivity contribution >= 4 is 33.6 Å². The zero-order chi connectivity index (χ0) is 24.0. The van der Waals surface area contributed by atoms with Crippen molar-refractivity contribution in [2.45, 2.75) is 5.75 Å². The fraction of sp³-hybridized carbons (Fsp3) is 0.318. The summed E-state index contributed by atoms with van der Waals surface area (Å²) in [6.07, 6.45) is 0. The minimum Gasteiger partial charge on any atom is -0.465 e. The molecule has 1 aliphatic rings. The lowest BCUT2D eigenvalue weighted by Gasteiger charge is -2.26. The number of anilines is 1. The number of sulfonamides is 1. The molecule has 1 heterocycles. The quantitative estimate of drug-likeness (QED) is 0.598. The summed E-state index contributed by atoms with van der Waals surface area (Å²) in [5.74, 6) is -2.04. The maximum absolute atomic E-state index is 12.7. The standard InChI is InChI=1S/C22H24N2O8S/c1-30-21(26)17-11-18(22(27)31-2)13-19(12-17)23-20(25)16-5-3-15(4-6-16)14-33(28,29)24-7-9-32-10-8-24/h3-6,11-13H,7-10,14H2,1-2H3,(H,23,25). The summed E-state index contributed by atoms with van der Waals surface area (Å²) in [6, 6.07) is 10.2. The number of benzene rings is 2. The molecule has 1 N–H and O–H groups in total. The zero-order valence-electron chi connectivity index (χ0n) is 18.2. The van der Waals surface area contributed by atoms with Crippen molar-refractivity contribution in [3.05, 3.63) is 64.7 Å². The lowest BCUT2D eigenvalue weighted by Crippen LogP contribution is -2.41. The van der Waals surface area contributed by atoms with Crippen LogP contribution in [0.25, 0.3) is 0 Å². The summed E-state index contributed by atoms with van der Waals surface area (Å²) in [7, 11) is -1.08. The van der Waals surface area contributed by atoms with Crippen LogP contribution in [-0.2, 0) is 30.0 Å². The van der Waals surface area contributed by atoms with Gasteiger partial charge in [0.2, 0.25) is 10.0 Å². The predicted octanol–water partition coefficient (Wildman–Crippen LogP) is 1.67. The van der Waals surface area contributed by atoms with E-state index in [4.69, 9.17) is 4.74 Å². The van der Waals surface area contributed by atoms with E-state index < -0.39 is 27.9 Å². The number of carbonyl (C=O) groups is 3. The SMILES string of the molecule is COC(=O)c1cc(NC(=O)c2ccc(CS(=O)(=O)N3CCOCC3)cc2)cc(C(=O)OC)c1. The van der Waals surface area contributed by atoms with Crippen LogP contribution in [0.3, 0.4) is 0 Å². The molecule has 176 valence electrons. The van der Waals surface area contributed by atoms with Crippen LogP contribution in [0.2, 0.25) is 0 Å². The van der Waals surface area contributed by atoms with E-state index in [1.54, 1.807) is 12.1 Å². The fourth-order valence-electron chi connectivity index (χ4n) is 3.25. The van der Waals surface area contributed by atoms with E-state index >= 15 is 0 Å². The number of amides is 1. The molecular formula is C22H24N2O8S. The lowest BCUT2D eigenvalue weighted by molar-refractivity contribution is 0.0598. The number of esters is 2. The average Bonchev–Trinajstić information content (AvgIpc) is 2.83. The molecule has 1 amide bonds. The van der Waals surface area contributed by atoms with Crippen molar-refractivity contribution in [3.63, 3.8) is 0 Å². The molecule has 1 aliphatic heterocycles. The zero-order valence-corrected chi connectivity index (χ0v) is 19.0. The third kappa shape index (κ3) is 6.15. The van der Waals surface area contributed by atoms with E-state index in [0.717, 1.165) is 0 Å². The molecule has 1 fully saturated rings. The molecule has 2 aromatic carbocycles. The highest BCUT2D eigenvalue weighted by atomic mass is 32.2. The number of nitrogens with zero attached hydrogens (tertiary/aromatic N) is 1. The van der Waals surface area contributed by atoms with Crippen molar-refractivity contribution in [1.29, 1.82) is 0 Å². The summed E-state index contributed by atoms with van der Waals surface area (Å²) in [6.45, 7) is 1.38. The summed E-state index contributed by atoms with van der Waals surface area (Å²) in [5.41, 5.74) is 1.14. The highest BCUT2D eigenvalue weighted by molar-refractivity contribution is 7.88. The Balaban J connectivity index is 1.74. The minimum absolute atomic E-state index is 0.0689. The largest absolute Gasteiger partial charge is 0.465 e. The molecule has 10 nitrogen and oxygen atoms in total. The Morgan fingerprint density at radius 2 is 1.45 bits per heavy atom. The van der Waals surface area contributed by atoms with Gasteiger partial charge in [0.05, 0.1) is 44.3 Å². The van der Waals surface area contributed by atoms with Crippen LogP contribution in [0.4, 0.5) is 5.69 Å². The summed E-state index contributed by atoms with van der Waals surface area (Å²) in [5, 5.41) is 2.62. The number of nitrogens with one attached hydrogen (secondary N) is 1. The molecule has 0 bridgehead atoms. The van der Waals surface area contributed by atoms with E-state index in [1.165, 1.54) is 48.9 Å². The molecule has 0 aliphatic carbocycles. The van der Waals surface area contributed by atoms with Gasteiger partial charge in [0.25, 0.3) is 5.91 Å². The molecule has 33 heavy (non-hydrogen) atoms. The third-order valence-corrected chi connectivity index (χ3v) is 6.81. The highest BCUT2D eigenvalue weighted by Gasteiger charge is 2.24. The van der Waals surface area contributed by atoms with Gasteiger partial charge in [0, 0.05) is 24.3 Å². The van der Waals surface area contributed by atoms with Crippen LogP contribution in [0, 0.1) is 0 Å². The second kappa shape index (κ2) is 10.6. The van der Waals surface area contributed by atoms with Gasteiger partial charge in [-0.05, 0) is 35.9 Å². The van der Waals surface area contributed by atoms with Crippen LogP contribution < -0.4 is 5.32 Å². The Kier molecular flexibility index (Phi) is 7.79. The van der Waals surface area contributed by atoms with Crippen molar-refractivity contribution in [2.24, 2.45) is 0 Å². The van der Waals surface area contributed by atoms with Crippen LogP contribution in [0.15, 0.2) is 42.5 Å². The van der Waals surface area contributed by atoms with Gasteiger partial charge in [-0.15, -0.1) is 0 Å². The first-order valence-corrected chi connectivity index (χ1v) is 11.6. The van der Waals surface area contributed by atoms with Gasteiger partial charge in [-0.3, -0.25) is 4.79 Å². The van der Waals surface area contributed by atoms with Crippen LogP contribution in [0.5, 0.6) is 0 Å². The Hall–Kier alpha value is -3.28. The topological polar surface area (TPSA) is 128 Å². The van der Waals surface area contributed by atoms with Crippen molar-refractivity contribution in [3.8, 4) is 0 Å². The van der Waals surface area contributed by atoms with Crippen molar-refractivity contribution in [1.82, 2.24) is 4.31 Å². The molecule has 1 saturated heterocycles. The third-order valence-electron chi connectivity index (χ3n) is 4.96. The first-order chi connectivity index (χ1) is 15.7. The molecule has 0 radical (unpaired) electrons. The number of hydrogen-bond acceptors (Lipinski definition) is 8. The van der Waals surface area contributed by atoms with E-state index in [1.807, 2.05) is 0 Å². The number of methoxy groups -OCH3 is 2. The highest BCUT2D eigenvalue weighted by Crippen LogP contribution is 2.19.